The zero-order chi connectivity index (χ0) is 20.8. The molecule has 1 aliphatic heterocycles. The molecule has 1 unspecified atom stereocenters. The zero-order valence-corrected chi connectivity index (χ0v) is 18.9. The number of nitrogens with one attached hydrogen (secondary N) is 2. The minimum Gasteiger partial charge on any atom is -0.350 e. The van der Waals surface area contributed by atoms with Crippen LogP contribution in [0, 0.1) is 0 Å². The van der Waals surface area contributed by atoms with Crippen molar-refractivity contribution in [2.45, 2.75) is 57.6 Å². The summed E-state index contributed by atoms with van der Waals surface area (Å²) in [5.41, 5.74) is 7.36. The Kier molecular flexibility index (Phi) is 5.34. The summed E-state index contributed by atoms with van der Waals surface area (Å²) in [5, 5.41) is 22.1. The molecule has 12 heteroatoms. The van der Waals surface area contributed by atoms with Crippen LogP contribution in [0.25, 0.3) is 5.65 Å². The van der Waals surface area contributed by atoms with Gasteiger partial charge in [0.2, 0.25) is 5.66 Å². The lowest BCUT2D eigenvalue weighted by Gasteiger charge is -2.26. The highest BCUT2D eigenvalue weighted by Crippen LogP contribution is 2.37. The maximum Gasteiger partial charge on any atom is 0.201 e. The Labute approximate surface area is 177 Å². The second-order valence-electron chi connectivity index (χ2n) is 6.97. The third kappa shape index (κ3) is 3.32. The molecule has 4 rings (SSSR count). The van der Waals surface area contributed by atoms with Crippen molar-refractivity contribution in [3.63, 3.8) is 0 Å². The van der Waals surface area contributed by atoms with E-state index in [4.69, 9.17) is 10.7 Å². The number of aryl methyl sites for hydroxylation is 1. The van der Waals surface area contributed by atoms with E-state index in [1.54, 1.807) is 32.9 Å². The molecule has 0 radical (unpaired) electrons. The molecule has 0 aliphatic carbocycles. The number of anilines is 1. The summed E-state index contributed by atoms with van der Waals surface area (Å²) < 4.78 is 1.70. The van der Waals surface area contributed by atoms with Gasteiger partial charge in [-0.1, -0.05) is 34.6 Å². The van der Waals surface area contributed by atoms with E-state index in [2.05, 4.69) is 58.4 Å². The SMILES string of the molecule is CCSC1=Nn2nc(C(C)C)nc2C1(N)Nc1c(SCC)[nH]n2nc(CC)nc12. The number of hydrogen-bond donors (Lipinski definition) is 3. The summed E-state index contributed by atoms with van der Waals surface area (Å²) in [5.74, 6) is 3.99. The highest BCUT2D eigenvalue weighted by Gasteiger charge is 2.46. The molecule has 3 aromatic heterocycles. The summed E-state index contributed by atoms with van der Waals surface area (Å²) in [6, 6.07) is 0. The minimum atomic E-state index is -1.09. The van der Waals surface area contributed by atoms with Crippen LogP contribution >= 0.6 is 23.5 Å². The zero-order valence-electron chi connectivity index (χ0n) is 17.2. The van der Waals surface area contributed by atoms with Gasteiger partial charge in [-0.25, -0.2) is 9.97 Å². The summed E-state index contributed by atoms with van der Waals surface area (Å²) in [6.45, 7) is 10.3. The van der Waals surface area contributed by atoms with Crippen LogP contribution in [0.4, 0.5) is 5.69 Å². The molecule has 29 heavy (non-hydrogen) atoms. The lowest BCUT2D eigenvalue weighted by Crippen LogP contribution is -2.49. The van der Waals surface area contributed by atoms with Crippen LogP contribution in [0.5, 0.6) is 0 Å². The van der Waals surface area contributed by atoms with E-state index >= 15 is 0 Å². The molecular formula is C17H26N10S2. The number of H-pyrrole nitrogens is 1. The summed E-state index contributed by atoms with van der Waals surface area (Å²) in [6.07, 6.45) is 0.753. The molecule has 0 saturated carbocycles. The van der Waals surface area contributed by atoms with Gasteiger partial charge in [-0.15, -0.1) is 43.6 Å². The molecule has 1 atom stereocenters. The molecule has 4 heterocycles. The molecule has 0 aromatic carbocycles. The Bertz CT molecular complexity index is 1060. The average Bonchev–Trinajstić information content (AvgIpc) is 3.40. The van der Waals surface area contributed by atoms with Gasteiger partial charge in [0.05, 0.1) is 0 Å². The highest BCUT2D eigenvalue weighted by molar-refractivity contribution is 8.14. The van der Waals surface area contributed by atoms with Gasteiger partial charge in [0.15, 0.2) is 23.1 Å². The van der Waals surface area contributed by atoms with E-state index in [9.17, 15) is 0 Å². The topological polar surface area (TPSA) is 127 Å². The van der Waals surface area contributed by atoms with E-state index in [0.717, 1.165) is 45.3 Å². The van der Waals surface area contributed by atoms with Crippen molar-refractivity contribution in [1.29, 1.82) is 0 Å². The standard InChI is InChI=1S/C17H26N10S2/c1-6-10-19-13-11(14(28-7-2)24-26(13)22-10)21-17(18)15-20-12(9(4)5)23-27(15)25-16(17)29-8-3/h9,21,24H,6-8,18H2,1-5H3. The fourth-order valence-corrected chi connectivity index (χ4v) is 4.59. The van der Waals surface area contributed by atoms with Crippen LogP contribution in [0.2, 0.25) is 0 Å². The Morgan fingerprint density at radius 2 is 1.90 bits per heavy atom. The maximum atomic E-state index is 6.93. The Morgan fingerprint density at radius 3 is 2.55 bits per heavy atom. The van der Waals surface area contributed by atoms with E-state index < -0.39 is 5.66 Å². The number of thioether (sulfide) groups is 2. The van der Waals surface area contributed by atoms with Gasteiger partial charge in [-0.3, -0.25) is 10.8 Å². The number of rotatable bonds is 7. The van der Waals surface area contributed by atoms with E-state index in [1.807, 2.05) is 6.92 Å². The predicted octanol–water partition coefficient (Wildman–Crippen LogP) is 2.60. The fourth-order valence-electron chi connectivity index (χ4n) is 3.09. The van der Waals surface area contributed by atoms with E-state index in [0.29, 0.717) is 11.5 Å². The molecule has 3 aromatic rings. The summed E-state index contributed by atoms with van der Waals surface area (Å²) >= 11 is 3.25. The normalized spacial score (nSPS) is 18.7. The van der Waals surface area contributed by atoms with Gasteiger partial charge in [0, 0.05) is 12.3 Å². The third-order valence-electron chi connectivity index (χ3n) is 4.52. The van der Waals surface area contributed by atoms with Crippen LogP contribution < -0.4 is 11.1 Å². The van der Waals surface area contributed by atoms with Crippen LogP contribution in [0.3, 0.4) is 0 Å². The molecule has 4 N–H and O–H groups in total. The Morgan fingerprint density at radius 1 is 1.14 bits per heavy atom. The van der Waals surface area contributed by atoms with Crippen LogP contribution in [0.1, 0.15) is 58.0 Å². The van der Waals surface area contributed by atoms with Gasteiger partial charge in [-0.05, 0) is 11.5 Å². The molecule has 0 bridgehead atoms. The smallest absolute Gasteiger partial charge is 0.201 e. The summed E-state index contributed by atoms with van der Waals surface area (Å²) in [7, 11) is 0. The quantitative estimate of drug-likeness (QED) is 0.382. The molecule has 0 fully saturated rings. The van der Waals surface area contributed by atoms with Crippen molar-refractivity contribution in [2.75, 3.05) is 16.8 Å². The fraction of sp³-hybridized carbons (Fsp3) is 0.588. The number of hydrogen-bond acceptors (Lipinski definition) is 9. The molecule has 156 valence electrons. The molecule has 0 saturated heterocycles. The minimum absolute atomic E-state index is 0.184. The Balaban J connectivity index is 1.82. The third-order valence-corrected chi connectivity index (χ3v) is 6.35. The second-order valence-corrected chi connectivity index (χ2v) is 9.50. The number of fused-ring (bicyclic) bond motifs is 2. The maximum absolute atomic E-state index is 6.93. The molecule has 10 nitrogen and oxygen atoms in total. The van der Waals surface area contributed by atoms with Gasteiger partial charge >= 0.3 is 0 Å². The van der Waals surface area contributed by atoms with Crippen molar-refractivity contribution in [3.05, 3.63) is 17.5 Å². The van der Waals surface area contributed by atoms with Crippen molar-refractivity contribution in [1.82, 2.24) is 34.7 Å². The number of aromatic nitrogens is 7. The second kappa shape index (κ2) is 7.65. The van der Waals surface area contributed by atoms with E-state index in [-0.39, 0.29) is 5.92 Å². The first-order chi connectivity index (χ1) is 13.9. The lowest BCUT2D eigenvalue weighted by atomic mass is 10.1. The van der Waals surface area contributed by atoms with Crippen LogP contribution in [0.15, 0.2) is 10.1 Å². The average molecular weight is 435 g/mol. The van der Waals surface area contributed by atoms with E-state index in [1.165, 1.54) is 0 Å². The predicted molar refractivity (Wildman–Crippen MR) is 118 cm³/mol. The van der Waals surface area contributed by atoms with Crippen LogP contribution in [-0.2, 0) is 12.1 Å². The van der Waals surface area contributed by atoms with Crippen molar-refractivity contribution in [2.24, 2.45) is 10.8 Å². The number of nitrogens with zero attached hydrogens (tertiary/aromatic N) is 7. The first-order valence-electron chi connectivity index (χ1n) is 9.78. The molecule has 0 amide bonds. The van der Waals surface area contributed by atoms with Gasteiger partial charge in [-0.2, -0.15) is 4.63 Å². The summed E-state index contributed by atoms with van der Waals surface area (Å²) in [4.78, 5) is 10.9. The number of aromatic amines is 1. The lowest BCUT2D eigenvalue weighted by molar-refractivity contribution is 0.624. The van der Waals surface area contributed by atoms with Gasteiger partial charge in [0.25, 0.3) is 0 Å². The van der Waals surface area contributed by atoms with Crippen molar-refractivity contribution < 1.29 is 0 Å². The molecule has 1 aliphatic rings. The first kappa shape index (κ1) is 20.2. The van der Waals surface area contributed by atoms with Crippen molar-refractivity contribution >= 4 is 39.9 Å². The highest BCUT2D eigenvalue weighted by atomic mass is 32.2. The monoisotopic (exact) mass is 434 g/mol. The van der Waals surface area contributed by atoms with Crippen LogP contribution in [-0.4, -0.2) is 51.2 Å². The van der Waals surface area contributed by atoms with Crippen molar-refractivity contribution in [3.8, 4) is 0 Å². The first-order valence-corrected chi connectivity index (χ1v) is 11.7. The van der Waals surface area contributed by atoms with Gasteiger partial charge < -0.3 is 5.32 Å². The van der Waals surface area contributed by atoms with Gasteiger partial charge in [0.1, 0.15) is 15.8 Å². The molecule has 0 spiro atoms. The Hall–Kier alpha value is -2.05. The number of nitrogens with two attached hydrogens (primary N) is 1. The largest absolute Gasteiger partial charge is 0.350 e. The molecular weight excluding hydrogens is 408 g/mol.